The van der Waals surface area contributed by atoms with Crippen LogP contribution in [0.2, 0.25) is 0 Å². The van der Waals surface area contributed by atoms with Crippen molar-refractivity contribution in [2.75, 3.05) is 14.2 Å². The van der Waals surface area contributed by atoms with Crippen LogP contribution in [0.4, 0.5) is 10.1 Å². The summed E-state index contributed by atoms with van der Waals surface area (Å²) >= 11 is 0. The molecule has 2 rings (SSSR count). The van der Waals surface area contributed by atoms with Gasteiger partial charge in [0.25, 0.3) is 11.6 Å². The minimum absolute atomic E-state index is 0.0691. The second-order valence-corrected chi connectivity index (χ2v) is 6.31. The Morgan fingerprint density at radius 1 is 1.07 bits per heavy atom. The van der Waals surface area contributed by atoms with Crippen LogP contribution in [0, 0.1) is 15.9 Å². The van der Waals surface area contributed by atoms with Crippen LogP contribution < -0.4 is 14.8 Å². The minimum atomic E-state index is -1.24. The van der Waals surface area contributed by atoms with Gasteiger partial charge in [-0.1, -0.05) is 12.1 Å². The van der Waals surface area contributed by atoms with Crippen LogP contribution in [0.1, 0.15) is 35.8 Å². The van der Waals surface area contributed by atoms with E-state index in [0.29, 0.717) is 5.56 Å². The monoisotopic (exact) mass is 420 g/mol. The molecule has 0 radical (unpaired) electrons. The molecule has 0 saturated heterocycles. The molecule has 9 nitrogen and oxygen atoms in total. The molecule has 2 aromatic rings. The van der Waals surface area contributed by atoms with Gasteiger partial charge in [0.2, 0.25) is 0 Å². The molecular weight excluding hydrogens is 399 g/mol. The standard InChI is InChI=1S/C20H21FN2O7/c1-11(13-5-7-14(21)8-6-13)22-19(24)12(2)30-20(25)15-9-17(28-3)18(29-4)10-16(15)23(26)27/h5-12H,1-4H3,(H,22,24)/t11-,12-/m0/s1. The summed E-state index contributed by atoms with van der Waals surface area (Å²) in [6.07, 6.45) is -1.24. The smallest absolute Gasteiger partial charge is 0.346 e. The molecule has 0 bridgehead atoms. The molecule has 1 amide bonds. The largest absolute Gasteiger partial charge is 0.493 e. The van der Waals surface area contributed by atoms with Crippen LogP contribution in [0.5, 0.6) is 11.5 Å². The van der Waals surface area contributed by atoms with Gasteiger partial charge in [0.05, 0.1) is 31.3 Å². The minimum Gasteiger partial charge on any atom is -0.493 e. The van der Waals surface area contributed by atoms with Crippen molar-refractivity contribution in [3.8, 4) is 11.5 Å². The molecule has 0 aromatic heterocycles. The van der Waals surface area contributed by atoms with Gasteiger partial charge in [0.1, 0.15) is 11.4 Å². The van der Waals surface area contributed by atoms with Crippen LogP contribution in [0.25, 0.3) is 0 Å². The first-order valence-corrected chi connectivity index (χ1v) is 8.85. The Morgan fingerprint density at radius 2 is 1.63 bits per heavy atom. The molecule has 1 N–H and O–H groups in total. The molecule has 10 heteroatoms. The van der Waals surface area contributed by atoms with Crippen LogP contribution in [-0.4, -0.2) is 37.1 Å². The van der Waals surface area contributed by atoms with Gasteiger partial charge >= 0.3 is 5.97 Å². The summed E-state index contributed by atoms with van der Waals surface area (Å²) in [5, 5.41) is 14.0. The van der Waals surface area contributed by atoms with Crippen LogP contribution in [-0.2, 0) is 9.53 Å². The Morgan fingerprint density at radius 3 is 2.17 bits per heavy atom. The highest BCUT2D eigenvalue weighted by molar-refractivity contribution is 5.96. The normalized spacial score (nSPS) is 12.4. The third kappa shape index (κ3) is 5.22. The first-order valence-electron chi connectivity index (χ1n) is 8.85. The molecule has 0 spiro atoms. The fraction of sp³-hybridized carbons (Fsp3) is 0.300. The number of nitrogens with zero attached hydrogens (tertiary/aromatic N) is 1. The number of ether oxygens (including phenoxy) is 3. The van der Waals surface area contributed by atoms with E-state index in [2.05, 4.69) is 5.32 Å². The topological polar surface area (TPSA) is 117 Å². The molecule has 2 aromatic carbocycles. The number of halogens is 1. The van der Waals surface area contributed by atoms with E-state index in [1.165, 1.54) is 45.4 Å². The molecule has 2 atom stereocenters. The maximum Gasteiger partial charge on any atom is 0.346 e. The SMILES string of the molecule is COc1cc(C(=O)O[C@@H](C)C(=O)N[C@@H](C)c2ccc(F)cc2)c([N+](=O)[O-])cc1OC. The molecule has 0 fully saturated rings. The van der Waals surface area contributed by atoms with Crippen molar-refractivity contribution in [3.63, 3.8) is 0 Å². The average Bonchev–Trinajstić information content (AvgIpc) is 2.72. The molecule has 0 aliphatic carbocycles. The van der Waals surface area contributed by atoms with E-state index in [-0.39, 0.29) is 17.1 Å². The molecular formula is C20H21FN2O7. The quantitative estimate of drug-likeness (QED) is 0.396. The van der Waals surface area contributed by atoms with Gasteiger partial charge in [-0.25, -0.2) is 9.18 Å². The summed E-state index contributed by atoms with van der Waals surface area (Å²) in [6, 6.07) is 7.24. The molecule has 0 saturated carbocycles. The predicted octanol–water partition coefficient (Wildman–Crippen LogP) is 3.17. The van der Waals surface area contributed by atoms with Crippen molar-refractivity contribution >= 4 is 17.6 Å². The van der Waals surface area contributed by atoms with E-state index in [1.807, 2.05) is 0 Å². The lowest BCUT2D eigenvalue weighted by molar-refractivity contribution is -0.385. The van der Waals surface area contributed by atoms with Crippen molar-refractivity contribution in [1.29, 1.82) is 0 Å². The number of amides is 1. The zero-order valence-corrected chi connectivity index (χ0v) is 16.8. The Kier molecular flexibility index (Phi) is 7.29. The predicted molar refractivity (Wildman–Crippen MR) is 104 cm³/mol. The highest BCUT2D eigenvalue weighted by Gasteiger charge is 2.28. The maximum atomic E-state index is 13.0. The second-order valence-electron chi connectivity index (χ2n) is 6.31. The number of nitrogens with one attached hydrogen (secondary N) is 1. The Bertz CT molecular complexity index is 947. The van der Waals surface area contributed by atoms with Gasteiger partial charge in [0.15, 0.2) is 17.6 Å². The second kappa shape index (κ2) is 9.68. The first-order chi connectivity index (χ1) is 14.2. The third-order valence-electron chi connectivity index (χ3n) is 4.30. The lowest BCUT2D eigenvalue weighted by atomic mass is 10.1. The zero-order valence-electron chi connectivity index (χ0n) is 16.8. The summed E-state index contributed by atoms with van der Waals surface area (Å²) in [5.41, 5.74) is -0.285. The summed E-state index contributed by atoms with van der Waals surface area (Å²) in [7, 11) is 2.61. The number of carbonyl (C=O) groups is 2. The number of rotatable bonds is 8. The van der Waals surface area contributed by atoms with Crippen LogP contribution in [0.15, 0.2) is 36.4 Å². The number of hydrogen-bond donors (Lipinski definition) is 1. The summed E-state index contributed by atoms with van der Waals surface area (Å²) in [6.45, 7) is 3.01. The lowest BCUT2D eigenvalue weighted by Gasteiger charge is -2.18. The molecule has 0 aliphatic heterocycles. The van der Waals surface area contributed by atoms with Crippen molar-refractivity contribution in [3.05, 3.63) is 63.5 Å². The Labute approximate surface area is 171 Å². The average molecular weight is 420 g/mol. The van der Waals surface area contributed by atoms with Gasteiger partial charge < -0.3 is 19.5 Å². The summed E-state index contributed by atoms with van der Waals surface area (Å²) in [4.78, 5) is 35.4. The molecule has 0 heterocycles. The lowest BCUT2D eigenvalue weighted by Crippen LogP contribution is -2.37. The molecule has 0 unspecified atom stereocenters. The van der Waals surface area contributed by atoms with E-state index in [1.54, 1.807) is 6.92 Å². The van der Waals surface area contributed by atoms with E-state index < -0.39 is 40.5 Å². The number of nitro benzene ring substituents is 1. The van der Waals surface area contributed by atoms with Gasteiger partial charge in [-0.05, 0) is 31.5 Å². The molecule has 0 aliphatic rings. The Balaban J connectivity index is 2.15. The van der Waals surface area contributed by atoms with Crippen molar-refractivity contribution < 1.29 is 33.1 Å². The van der Waals surface area contributed by atoms with E-state index in [4.69, 9.17) is 14.2 Å². The maximum absolute atomic E-state index is 13.0. The number of hydrogen-bond acceptors (Lipinski definition) is 7. The fourth-order valence-corrected chi connectivity index (χ4v) is 2.63. The first kappa shape index (κ1) is 22.6. The molecule has 30 heavy (non-hydrogen) atoms. The van der Waals surface area contributed by atoms with Crippen LogP contribution >= 0.6 is 0 Å². The number of benzene rings is 2. The number of carbonyl (C=O) groups excluding carboxylic acids is 2. The van der Waals surface area contributed by atoms with Crippen LogP contribution in [0.3, 0.4) is 0 Å². The summed E-state index contributed by atoms with van der Waals surface area (Å²) < 4.78 is 28.2. The number of esters is 1. The van der Waals surface area contributed by atoms with Crippen molar-refractivity contribution in [2.45, 2.75) is 26.0 Å². The van der Waals surface area contributed by atoms with E-state index >= 15 is 0 Å². The highest BCUT2D eigenvalue weighted by atomic mass is 19.1. The highest BCUT2D eigenvalue weighted by Crippen LogP contribution is 2.35. The van der Waals surface area contributed by atoms with E-state index in [9.17, 15) is 24.1 Å². The third-order valence-corrected chi connectivity index (χ3v) is 4.30. The summed E-state index contributed by atoms with van der Waals surface area (Å²) in [5.74, 6) is -1.93. The number of methoxy groups -OCH3 is 2. The number of nitro groups is 1. The van der Waals surface area contributed by atoms with Gasteiger partial charge in [-0.2, -0.15) is 0 Å². The van der Waals surface area contributed by atoms with Gasteiger partial charge in [0, 0.05) is 6.07 Å². The van der Waals surface area contributed by atoms with Crippen molar-refractivity contribution in [1.82, 2.24) is 5.32 Å². The van der Waals surface area contributed by atoms with E-state index in [0.717, 1.165) is 12.1 Å². The van der Waals surface area contributed by atoms with Gasteiger partial charge in [-0.15, -0.1) is 0 Å². The van der Waals surface area contributed by atoms with Gasteiger partial charge in [-0.3, -0.25) is 14.9 Å². The fourth-order valence-electron chi connectivity index (χ4n) is 2.63. The zero-order chi connectivity index (χ0) is 22.4. The molecule has 160 valence electrons. The Hall–Kier alpha value is -3.69. The van der Waals surface area contributed by atoms with Crippen molar-refractivity contribution in [2.24, 2.45) is 0 Å².